The molecule has 0 aliphatic carbocycles. The first-order valence-electron chi connectivity index (χ1n) is 10.1. The number of amides is 1. The molecule has 2 aromatic carbocycles. The smallest absolute Gasteiger partial charge is 0.257 e. The van der Waals surface area contributed by atoms with Crippen LogP contribution in [0.4, 0.5) is 0 Å². The Morgan fingerprint density at radius 2 is 1.82 bits per heavy atom. The van der Waals surface area contributed by atoms with Crippen LogP contribution >= 0.6 is 0 Å². The minimum atomic E-state index is -1.26. The van der Waals surface area contributed by atoms with Gasteiger partial charge in [-0.15, -0.1) is 0 Å². The third kappa shape index (κ3) is 8.33. The molecule has 0 spiro atoms. The molecule has 0 aliphatic heterocycles. The van der Waals surface area contributed by atoms with Crippen molar-refractivity contribution in [2.24, 2.45) is 0 Å². The molecule has 33 heavy (non-hydrogen) atoms. The molecule has 0 bridgehead atoms. The van der Waals surface area contributed by atoms with Gasteiger partial charge in [0.2, 0.25) is 0 Å². The van der Waals surface area contributed by atoms with Crippen molar-refractivity contribution in [3.63, 3.8) is 0 Å². The van der Waals surface area contributed by atoms with E-state index >= 15 is 0 Å². The normalized spacial score (nSPS) is 12.9. The highest BCUT2D eigenvalue weighted by molar-refractivity contribution is 7.82. The molecular weight excluding hydrogens is 444 g/mol. The molecule has 0 saturated carbocycles. The van der Waals surface area contributed by atoms with Crippen LogP contribution < -0.4 is 20.1 Å². The summed E-state index contributed by atoms with van der Waals surface area (Å²) >= 11 is 0. The van der Waals surface area contributed by atoms with Crippen molar-refractivity contribution in [2.45, 2.75) is 17.9 Å². The fraction of sp³-hybridized carbons (Fsp3) is 0.304. The summed E-state index contributed by atoms with van der Waals surface area (Å²) in [6, 6.07) is 11.6. The number of hydrogen-bond donors (Lipinski definition) is 3. The number of amidine groups is 1. The van der Waals surface area contributed by atoms with E-state index in [0.29, 0.717) is 28.8 Å². The van der Waals surface area contributed by atoms with Gasteiger partial charge < -0.3 is 24.8 Å². The number of nitrogens with one attached hydrogen (secondary N) is 3. The van der Waals surface area contributed by atoms with Crippen LogP contribution in [-0.4, -0.2) is 61.2 Å². The predicted octanol–water partition coefficient (Wildman–Crippen LogP) is 2.92. The lowest BCUT2D eigenvalue weighted by Crippen LogP contribution is -2.28. The summed E-state index contributed by atoms with van der Waals surface area (Å²) in [5, 5.41) is 13.1. The maximum Gasteiger partial charge on any atom is 0.257 e. The Balaban J connectivity index is 2.29. The van der Waals surface area contributed by atoms with Crippen molar-refractivity contribution < 1.29 is 23.2 Å². The molecule has 0 saturated heterocycles. The number of benzene rings is 2. The number of ether oxygens (including phenoxy) is 3. The van der Waals surface area contributed by atoms with E-state index in [1.165, 1.54) is 12.3 Å². The van der Waals surface area contributed by atoms with Gasteiger partial charge in [-0.3, -0.25) is 10.2 Å². The zero-order chi connectivity index (χ0) is 24.4. The first-order chi connectivity index (χ1) is 15.7. The zero-order valence-corrected chi connectivity index (χ0v) is 20.2. The molecule has 10 heteroatoms. The highest BCUT2D eigenvalue weighted by Gasteiger charge is 2.14. The van der Waals surface area contributed by atoms with E-state index in [-0.39, 0.29) is 17.5 Å². The number of methoxy groups -OCH3 is 1. The molecule has 2 rings (SSSR count). The van der Waals surface area contributed by atoms with E-state index in [9.17, 15) is 9.00 Å². The molecule has 9 nitrogen and oxygen atoms in total. The van der Waals surface area contributed by atoms with Gasteiger partial charge in [0.1, 0.15) is 40.2 Å². The van der Waals surface area contributed by atoms with Gasteiger partial charge in [-0.25, -0.2) is 8.51 Å². The molecule has 2 atom stereocenters. The molecule has 1 amide bonds. The summed E-state index contributed by atoms with van der Waals surface area (Å²) in [7, 11) is 5.48. The molecule has 0 aromatic heterocycles. The van der Waals surface area contributed by atoms with Crippen LogP contribution in [0.3, 0.4) is 0 Å². The van der Waals surface area contributed by atoms with Crippen molar-refractivity contribution in [3.05, 3.63) is 60.3 Å². The standard InChI is InChI=1S/C23H30N4O5S/c1-16(15-30-5)31-19-12-17(23(28)26-22(24)10-11-25-2)13-20(14-19)32-18-6-8-21(9-7-18)33(29)27(3)4/h6-14,16,25H,15H2,1-5H3,(H2,24,26,28)/b11-10-/t16-,33?/m0/s1. The van der Waals surface area contributed by atoms with E-state index in [4.69, 9.17) is 19.6 Å². The summed E-state index contributed by atoms with van der Waals surface area (Å²) in [4.78, 5) is 13.3. The summed E-state index contributed by atoms with van der Waals surface area (Å²) < 4.78 is 30.7. The average Bonchev–Trinajstić information content (AvgIpc) is 2.77. The van der Waals surface area contributed by atoms with Gasteiger partial charge in [0, 0.05) is 25.8 Å². The Morgan fingerprint density at radius 1 is 1.15 bits per heavy atom. The minimum absolute atomic E-state index is 0.0691. The molecule has 0 heterocycles. The molecular formula is C23H30N4O5S. The SMILES string of the molecule is CN/C=C\C(=N)NC(=O)c1cc(Oc2ccc(S(=O)N(C)C)cc2)cc(O[C@@H](C)COC)c1. The van der Waals surface area contributed by atoms with E-state index in [2.05, 4.69) is 10.6 Å². The van der Waals surface area contributed by atoms with Crippen LogP contribution in [0.5, 0.6) is 17.2 Å². The van der Waals surface area contributed by atoms with Crippen LogP contribution in [0.15, 0.2) is 59.6 Å². The number of carbonyl (C=O) groups excluding carboxylic acids is 1. The second kappa shape index (κ2) is 12.7. The van der Waals surface area contributed by atoms with Crippen molar-refractivity contribution in [2.75, 3.05) is 34.9 Å². The Labute approximate surface area is 196 Å². The summed E-state index contributed by atoms with van der Waals surface area (Å²) in [6.07, 6.45) is 2.71. The second-order valence-corrected chi connectivity index (χ2v) is 8.90. The maximum atomic E-state index is 12.7. The van der Waals surface area contributed by atoms with Gasteiger partial charge in [0.15, 0.2) is 0 Å². The largest absolute Gasteiger partial charge is 0.488 e. The molecule has 2 aromatic rings. The highest BCUT2D eigenvalue weighted by Crippen LogP contribution is 2.29. The summed E-state index contributed by atoms with van der Waals surface area (Å²) in [5.41, 5.74) is 0.264. The van der Waals surface area contributed by atoms with Gasteiger partial charge in [-0.1, -0.05) is 0 Å². The second-order valence-electron chi connectivity index (χ2n) is 7.20. The lowest BCUT2D eigenvalue weighted by atomic mass is 10.1. The molecule has 0 radical (unpaired) electrons. The number of carbonyl (C=O) groups is 1. The van der Waals surface area contributed by atoms with Crippen molar-refractivity contribution in [1.29, 1.82) is 5.41 Å². The first kappa shape index (κ1) is 26.0. The number of rotatable bonds is 11. The highest BCUT2D eigenvalue weighted by atomic mass is 32.2. The molecule has 178 valence electrons. The van der Waals surface area contributed by atoms with E-state index in [1.54, 1.807) is 75.0 Å². The maximum absolute atomic E-state index is 12.7. The van der Waals surface area contributed by atoms with Gasteiger partial charge in [-0.2, -0.15) is 0 Å². The zero-order valence-electron chi connectivity index (χ0n) is 19.4. The lowest BCUT2D eigenvalue weighted by molar-refractivity contribution is 0.0913. The summed E-state index contributed by atoms with van der Waals surface area (Å²) in [6.45, 7) is 2.22. The van der Waals surface area contributed by atoms with E-state index < -0.39 is 16.9 Å². The molecule has 1 unspecified atom stereocenters. The molecule has 3 N–H and O–H groups in total. The fourth-order valence-corrected chi connectivity index (χ4v) is 3.50. The number of nitrogens with zero attached hydrogens (tertiary/aromatic N) is 1. The third-order valence-electron chi connectivity index (χ3n) is 4.14. The molecule has 0 fully saturated rings. The van der Waals surface area contributed by atoms with Gasteiger partial charge in [0.05, 0.1) is 11.5 Å². The molecule has 0 aliphatic rings. The topological polar surface area (TPSA) is 113 Å². The lowest BCUT2D eigenvalue weighted by Gasteiger charge is -2.16. The van der Waals surface area contributed by atoms with Crippen molar-refractivity contribution >= 4 is 22.7 Å². The Bertz CT molecular complexity index is 1010. The van der Waals surface area contributed by atoms with Crippen LogP contribution in [-0.2, 0) is 15.7 Å². The first-order valence-corrected chi connectivity index (χ1v) is 11.3. The van der Waals surface area contributed by atoms with Crippen molar-refractivity contribution in [1.82, 2.24) is 14.9 Å². The van der Waals surface area contributed by atoms with Gasteiger partial charge in [-0.05, 0) is 69.7 Å². The van der Waals surface area contributed by atoms with Crippen LogP contribution in [0, 0.1) is 5.41 Å². The average molecular weight is 475 g/mol. The third-order valence-corrected chi connectivity index (χ3v) is 5.48. The van der Waals surface area contributed by atoms with Crippen LogP contribution in [0.25, 0.3) is 0 Å². The minimum Gasteiger partial charge on any atom is -0.488 e. The predicted molar refractivity (Wildman–Crippen MR) is 128 cm³/mol. The quantitative estimate of drug-likeness (QED) is 0.341. The van der Waals surface area contributed by atoms with Crippen LogP contribution in [0.1, 0.15) is 17.3 Å². The van der Waals surface area contributed by atoms with Crippen LogP contribution in [0.2, 0.25) is 0 Å². The Kier molecular flexibility index (Phi) is 10.0. The van der Waals surface area contributed by atoms with Gasteiger partial charge in [0.25, 0.3) is 5.91 Å². The Hall–Kier alpha value is -3.21. The van der Waals surface area contributed by atoms with Gasteiger partial charge >= 0.3 is 0 Å². The Morgan fingerprint density at radius 3 is 2.42 bits per heavy atom. The van der Waals surface area contributed by atoms with E-state index in [1.807, 2.05) is 6.92 Å². The fourth-order valence-electron chi connectivity index (χ4n) is 2.70. The summed E-state index contributed by atoms with van der Waals surface area (Å²) in [5.74, 6) is 0.756. The van der Waals surface area contributed by atoms with Crippen molar-refractivity contribution in [3.8, 4) is 17.2 Å². The number of hydrogen-bond acceptors (Lipinski definition) is 7. The van der Waals surface area contributed by atoms with E-state index in [0.717, 1.165) is 0 Å². The monoisotopic (exact) mass is 474 g/mol.